The number of hydrogen-bond donors (Lipinski definition) is 3. The molecule has 110 valence electrons. The number of hydrogen-bond acceptors (Lipinski definition) is 4. The third kappa shape index (κ3) is 9.95. The zero-order valence-corrected chi connectivity index (χ0v) is 12.7. The average Bonchev–Trinajstić information content (AvgIpc) is 2.09. The summed E-state index contributed by atoms with van der Waals surface area (Å²) in [4.78, 5) is 17.6. The van der Waals surface area contributed by atoms with Crippen molar-refractivity contribution in [1.29, 1.82) is 0 Å². The van der Waals surface area contributed by atoms with E-state index in [1.807, 2.05) is 21.1 Å². The van der Waals surface area contributed by atoms with E-state index < -0.39 is 23.9 Å². The van der Waals surface area contributed by atoms with Crippen LogP contribution in [0.1, 0.15) is 6.42 Å². The van der Waals surface area contributed by atoms with E-state index in [0.29, 0.717) is 11.0 Å². The summed E-state index contributed by atoms with van der Waals surface area (Å²) in [6.45, 7) is 0.296. The smallest absolute Gasteiger partial charge is 0.329 e. The number of nitrogens with zero attached hydrogens (tertiary/aromatic N) is 1. The van der Waals surface area contributed by atoms with Crippen molar-refractivity contribution in [1.82, 2.24) is 4.72 Å². The molecular weight excluding hydrogens is 283 g/mol. The molecule has 1 atom stereocenters. The van der Waals surface area contributed by atoms with Gasteiger partial charge in [0.2, 0.25) is 10.0 Å². The topological polar surface area (TPSA) is 113 Å². The van der Waals surface area contributed by atoms with Crippen LogP contribution in [0.5, 0.6) is 0 Å². The maximum Gasteiger partial charge on any atom is 0.470 e. The molecule has 0 aliphatic heterocycles. The Morgan fingerprint density at radius 2 is 1.83 bits per heavy atom. The van der Waals surface area contributed by atoms with Crippen LogP contribution in [0, 0.1) is 0 Å². The predicted octanol–water partition coefficient (Wildman–Crippen LogP) is -0.890. The second kappa shape index (κ2) is 6.42. The van der Waals surface area contributed by atoms with Gasteiger partial charge in [0.05, 0.1) is 26.9 Å². The minimum atomic E-state index is -4.62. The summed E-state index contributed by atoms with van der Waals surface area (Å²) in [6, 6.07) is 0. The maximum atomic E-state index is 11.3. The summed E-state index contributed by atoms with van der Waals surface area (Å²) >= 11 is 0. The molecule has 0 bridgehead atoms. The molecule has 10 heteroatoms. The Hall–Kier alpha value is -0.0200. The normalized spacial score (nSPS) is 15.7. The monoisotopic (exact) mass is 305 g/mol. The summed E-state index contributed by atoms with van der Waals surface area (Å²) in [5, 5.41) is 0. The van der Waals surface area contributed by atoms with E-state index in [-0.39, 0.29) is 12.2 Å². The molecule has 0 aromatic carbocycles. The lowest BCUT2D eigenvalue weighted by Gasteiger charge is -2.29. The van der Waals surface area contributed by atoms with Crippen molar-refractivity contribution < 1.29 is 31.8 Å². The van der Waals surface area contributed by atoms with Crippen LogP contribution in [0.4, 0.5) is 0 Å². The van der Waals surface area contributed by atoms with Gasteiger partial charge < -0.3 is 14.3 Å². The van der Waals surface area contributed by atoms with Crippen molar-refractivity contribution in [2.75, 3.05) is 40.5 Å². The molecule has 1 unspecified atom stereocenters. The number of sulfonamides is 1. The van der Waals surface area contributed by atoms with Gasteiger partial charge in [0.1, 0.15) is 12.6 Å². The molecule has 3 N–H and O–H groups in total. The van der Waals surface area contributed by atoms with Gasteiger partial charge in [-0.25, -0.2) is 17.7 Å². The van der Waals surface area contributed by atoms with Crippen LogP contribution in [-0.2, 0) is 19.1 Å². The minimum absolute atomic E-state index is 0.0177. The second-order valence-corrected chi connectivity index (χ2v) is 8.24. The quantitative estimate of drug-likeness (QED) is 0.396. The number of likely N-dealkylation sites (N-methyl/N-ethyl adjacent to an activating group) is 1. The lowest BCUT2D eigenvalue weighted by atomic mass is 10.2. The van der Waals surface area contributed by atoms with Crippen molar-refractivity contribution in [2.24, 2.45) is 0 Å². The molecule has 18 heavy (non-hydrogen) atoms. The van der Waals surface area contributed by atoms with Crippen molar-refractivity contribution in [3.63, 3.8) is 0 Å². The standard InChI is InChI=1S/C8H21N2O6PS/c1-9-18(14,15)6-5-8(7-10(2,3)4)16-17(11,12)13/h8-9H,5-7H2,1-4H3,(H-,11,12,13)/p+1. The van der Waals surface area contributed by atoms with Gasteiger partial charge in [-0.2, -0.15) is 0 Å². The first-order valence-electron chi connectivity index (χ1n) is 5.30. The first kappa shape index (κ1) is 18.0. The van der Waals surface area contributed by atoms with E-state index in [9.17, 15) is 13.0 Å². The Kier molecular flexibility index (Phi) is 6.42. The lowest BCUT2D eigenvalue weighted by Crippen LogP contribution is -2.43. The number of quaternary nitrogens is 1. The Labute approximate surface area is 108 Å². The summed E-state index contributed by atoms with van der Waals surface area (Å²) in [5.41, 5.74) is 0. The molecule has 0 aromatic heterocycles. The highest BCUT2D eigenvalue weighted by Gasteiger charge is 2.28. The molecule has 0 rings (SSSR count). The molecule has 0 aromatic rings. The van der Waals surface area contributed by atoms with Gasteiger partial charge in [-0.05, 0) is 13.5 Å². The van der Waals surface area contributed by atoms with Crippen LogP contribution in [0.15, 0.2) is 0 Å². The van der Waals surface area contributed by atoms with Gasteiger partial charge in [-0.3, -0.25) is 4.52 Å². The van der Waals surface area contributed by atoms with E-state index in [4.69, 9.17) is 9.79 Å². The molecule has 0 radical (unpaired) electrons. The van der Waals surface area contributed by atoms with Crippen molar-refractivity contribution in [3.05, 3.63) is 0 Å². The molecule has 0 fully saturated rings. The zero-order valence-electron chi connectivity index (χ0n) is 11.0. The van der Waals surface area contributed by atoms with Crippen LogP contribution >= 0.6 is 7.82 Å². The average molecular weight is 305 g/mol. The second-order valence-electron chi connectivity index (χ2n) is 5.00. The van der Waals surface area contributed by atoms with Gasteiger partial charge in [0.15, 0.2) is 0 Å². The van der Waals surface area contributed by atoms with Crippen LogP contribution in [0.25, 0.3) is 0 Å². The number of phosphoric acid groups is 1. The van der Waals surface area contributed by atoms with Crippen molar-refractivity contribution in [2.45, 2.75) is 12.5 Å². The molecule has 0 amide bonds. The van der Waals surface area contributed by atoms with Crippen LogP contribution < -0.4 is 4.72 Å². The van der Waals surface area contributed by atoms with E-state index in [2.05, 4.69) is 9.25 Å². The molecule has 0 aliphatic rings. The van der Waals surface area contributed by atoms with Gasteiger partial charge >= 0.3 is 7.82 Å². The van der Waals surface area contributed by atoms with Crippen molar-refractivity contribution >= 4 is 17.8 Å². The first-order valence-corrected chi connectivity index (χ1v) is 8.48. The largest absolute Gasteiger partial charge is 0.470 e. The highest BCUT2D eigenvalue weighted by molar-refractivity contribution is 7.89. The number of rotatable bonds is 8. The van der Waals surface area contributed by atoms with Crippen LogP contribution in [-0.4, -0.2) is 69.3 Å². The Balaban J connectivity index is 4.64. The van der Waals surface area contributed by atoms with Gasteiger partial charge in [0, 0.05) is 0 Å². The summed E-state index contributed by atoms with van der Waals surface area (Å²) < 4.78 is 40.5. The fourth-order valence-electron chi connectivity index (χ4n) is 1.37. The molecule has 0 spiro atoms. The molecular formula is C8H22N2O6PS+. The zero-order chi connectivity index (χ0) is 14.6. The fraction of sp³-hybridized carbons (Fsp3) is 1.00. The van der Waals surface area contributed by atoms with E-state index in [1.165, 1.54) is 7.05 Å². The molecule has 0 heterocycles. The third-order valence-electron chi connectivity index (χ3n) is 2.06. The van der Waals surface area contributed by atoms with E-state index >= 15 is 0 Å². The van der Waals surface area contributed by atoms with E-state index in [0.717, 1.165) is 0 Å². The maximum absolute atomic E-state index is 11.3. The van der Waals surface area contributed by atoms with Gasteiger partial charge in [-0.15, -0.1) is 0 Å². The number of phosphoric ester groups is 1. The lowest BCUT2D eigenvalue weighted by molar-refractivity contribution is -0.873. The van der Waals surface area contributed by atoms with Crippen LogP contribution in [0.3, 0.4) is 0 Å². The summed E-state index contributed by atoms with van der Waals surface area (Å²) in [6.07, 6.45) is -0.807. The van der Waals surface area contributed by atoms with E-state index in [1.54, 1.807) is 0 Å². The Bertz CT molecular complexity index is 398. The van der Waals surface area contributed by atoms with Gasteiger partial charge in [-0.1, -0.05) is 0 Å². The fourth-order valence-corrected chi connectivity index (χ4v) is 2.71. The minimum Gasteiger partial charge on any atom is -0.329 e. The van der Waals surface area contributed by atoms with Gasteiger partial charge in [0.25, 0.3) is 0 Å². The highest BCUT2D eigenvalue weighted by atomic mass is 32.2. The highest BCUT2D eigenvalue weighted by Crippen LogP contribution is 2.38. The molecule has 0 saturated carbocycles. The Morgan fingerprint density at radius 1 is 1.33 bits per heavy atom. The van der Waals surface area contributed by atoms with Crippen molar-refractivity contribution in [3.8, 4) is 0 Å². The third-order valence-corrected chi connectivity index (χ3v) is 4.03. The van der Waals surface area contributed by atoms with Crippen LogP contribution in [0.2, 0.25) is 0 Å². The molecule has 8 nitrogen and oxygen atoms in total. The Morgan fingerprint density at radius 3 is 2.17 bits per heavy atom. The predicted molar refractivity (Wildman–Crippen MR) is 67.3 cm³/mol. The summed E-state index contributed by atoms with van der Waals surface area (Å²) in [7, 11) is -1.29. The molecule has 0 aliphatic carbocycles. The first-order chi connectivity index (χ1) is 7.85. The molecule has 0 saturated heterocycles. The number of nitrogens with one attached hydrogen (secondary N) is 1. The SMILES string of the molecule is CNS(=O)(=O)CCC(C[N+](C)(C)C)OP(=O)(O)O. The summed E-state index contributed by atoms with van der Waals surface area (Å²) in [5.74, 6) is -0.242.